The number of hydrogen-bond donors (Lipinski definition) is 1. The minimum Gasteiger partial charge on any atom is -0.497 e. The van der Waals surface area contributed by atoms with Crippen LogP contribution in [0.2, 0.25) is 0 Å². The number of para-hydroxylation sites is 1. The molecule has 1 N–H and O–H groups in total. The van der Waals surface area contributed by atoms with Crippen LogP contribution in [0.4, 0.5) is 5.13 Å². The van der Waals surface area contributed by atoms with Crippen molar-refractivity contribution in [2.75, 3.05) is 19.0 Å². The number of amides is 1. The van der Waals surface area contributed by atoms with E-state index in [2.05, 4.69) is 10.3 Å². The number of methoxy groups -OCH3 is 1. The quantitative estimate of drug-likeness (QED) is 0.717. The molecule has 6 heteroatoms. The second-order valence-electron chi connectivity index (χ2n) is 6.37. The Kier molecular flexibility index (Phi) is 4.81. The number of carbonyl (C=O) groups excluding carboxylic acids is 1. The molecule has 0 spiro atoms. The highest BCUT2D eigenvalue weighted by Crippen LogP contribution is 2.36. The van der Waals surface area contributed by atoms with Crippen LogP contribution in [0, 0.1) is 6.92 Å². The number of anilines is 1. The highest BCUT2D eigenvalue weighted by atomic mass is 32.1. The highest BCUT2D eigenvalue weighted by Gasteiger charge is 2.28. The molecule has 0 radical (unpaired) electrons. The second kappa shape index (κ2) is 7.40. The summed E-state index contributed by atoms with van der Waals surface area (Å²) in [5.41, 5.74) is 2.82. The lowest BCUT2D eigenvalue weighted by molar-refractivity contribution is -0.118. The molecule has 2 heterocycles. The predicted octanol–water partition coefficient (Wildman–Crippen LogP) is 4.63. The first-order valence-electron chi connectivity index (χ1n) is 8.80. The van der Waals surface area contributed by atoms with Crippen LogP contribution in [0.1, 0.15) is 22.8 Å². The molecular formula is C21H20N2O3S. The number of aryl methyl sites for hydroxylation is 1. The predicted molar refractivity (Wildman–Crippen MR) is 107 cm³/mol. The number of hydrogen-bond acceptors (Lipinski definition) is 5. The van der Waals surface area contributed by atoms with Gasteiger partial charge in [0.2, 0.25) is 5.91 Å². The van der Waals surface area contributed by atoms with Crippen molar-refractivity contribution in [3.8, 4) is 22.8 Å². The zero-order valence-corrected chi connectivity index (χ0v) is 16.0. The van der Waals surface area contributed by atoms with Gasteiger partial charge in [0.1, 0.15) is 11.5 Å². The minimum atomic E-state index is -0.219. The summed E-state index contributed by atoms with van der Waals surface area (Å²) >= 11 is 1.49. The summed E-state index contributed by atoms with van der Waals surface area (Å²) in [4.78, 5) is 18.6. The standard InChI is InChI=1S/C21H20N2O3S/c1-13-19(14-7-9-15(25-2)10-8-14)22-21(27-13)23-20(24)17-11-12-26-18-6-4-3-5-16(17)18/h3-10,17H,11-12H2,1-2H3,(H,22,23,24). The summed E-state index contributed by atoms with van der Waals surface area (Å²) in [6, 6.07) is 15.5. The number of aromatic nitrogens is 1. The lowest BCUT2D eigenvalue weighted by Gasteiger charge is -2.24. The minimum absolute atomic E-state index is 0.0409. The molecular weight excluding hydrogens is 360 g/mol. The zero-order chi connectivity index (χ0) is 18.8. The van der Waals surface area contributed by atoms with Gasteiger partial charge in [-0.05, 0) is 43.7 Å². The second-order valence-corrected chi connectivity index (χ2v) is 7.57. The normalized spacial score (nSPS) is 15.6. The Morgan fingerprint density at radius 2 is 2.00 bits per heavy atom. The van der Waals surface area contributed by atoms with Gasteiger partial charge < -0.3 is 14.8 Å². The van der Waals surface area contributed by atoms with Crippen LogP contribution in [0.25, 0.3) is 11.3 Å². The van der Waals surface area contributed by atoms with Crippen molar-refractivity contribution in [1.29, 1.82) is 0 Å². The van der Waals surface area contributed by atoms with Crippen LogP contribution in [0.15, 0.2) is 48.5 Å². The highest BCUT2D eigenvalue weighted by molar-refractivity contribution is 7.16. The lowest BCUT2D eigenvalue weighted by Crippen LogP contribution is -2.26. The summed E-state index contributed by atoms with van der Waals surface area (Å²) in [6.07, 6.45) is 0.665. The van der Waals surface area contributed by atoms with E-state index in [0.29, 0.717) is 18.2 Å². The van der Waals surface area contributed by atoms with Gasteiger partial charge in [-0.3, -0.25) is 4.79 Å². The number of thiazole rings is 1. The molecule has 1 aliphatic heterocycles. The van der Waals surface area contributed by atoms with Gasteiger partial charge in [-0.1, -0.05) is 18.2 Å². The van der Waals surface area contributed by atoms with Crippen molar-refractivity contribution in [2.24, 2.45) is 0 Å². The van der Waals surface area contributed by atoms with Gasteiger partial charge in [0.15, 0.2) is 5.13 Å². The summed E-state index contributed by atoms with van der Waals surface area (Å²) in [5.74, 6) is 1.33. The van der Waals surface area contributed by atoms with Gasteiger partial charge in [-0.25, -0.2) is 4.98 Å². The first-order chi connectivity index (χ1) is 13.2. The van der Waals surface area contributed by atoms with Crippen molar-refractivity contribution < 1.29 is 14.3 Å². The summed E-state index contributed by atoms with van der Waals surface area (Å²) in [6.45, 7) is 2.56. The Hall–Kier alpha value is -2.86. The molecule has 2 aromatic carbocycles. The van der Waals surface area contributed by atoms with Gasteiger partial charge in [-0.2, -0.15) is 0 Å². The summed E-state index contributed by atoms with van der Waals surface area (Å²) in [7, 11) is 1.64. The number of carbonyl (C=O) groups is 1. The third kappa shape index (κ3) is 3.53. The molecule has 1 aliphatic rings. The van der Waals surface area contributed by atoms with Crippen LogP contribution in [0.5, 0.6) is 11.5 Å². The fourth-order valence-electron chi connectivity index (χ4n) is 3.27. The fraction of sp³-hybridized carbons (Fsp3) is 0.238. The van der Waals surface area contributed by atoms with Crippen molar-refractivity contribution in [2.45, 2.75) is 19.3 Å². The largest absolute Gasteiger partial charge is 0.497 e. The van der Waals surface area contributed by atoms with Crippen LogP contribution in [0.3, 0.4) is 0 Å². The number of ether oxygens (including phenoxy) is 2. The SMILES string of the molecule is COc1ccc(-c2nc(NC(=O)C3CCOc4ccccc43)sc2C)cc1. The number of rotatable bonds is 4. The van der Waals surface area contributed by atoms with E-state index in [1.165, 1.54) is 11.3 Å². The molecule has 1 atom stereocenters. The van der Waals surface area contributed by atoms with Crippen LogP contribution in [-0.2, 0) is 4.79 Å². The number of fused-ring (bicyclic) bond motifs is 1. The number of benzene rings is 2. The van der Waals surface area contributed by atoms with Gasteiger partial charge in [-0.15, -0.1) is 11.3 Å². The molecule has 0 fully saturated rings. The molecule has 5 nitrogen and oxygen atoms in total. The van der Waals surface area contributed by atoms with Gasteiger partial charge >= 0.3 is 0 Å². The third-order valence-electron chi connectivity index (χ3n) is 4.67. The monoisotopic (exact) mass is 380 g/mol. The van der Waals surface area contributed by atoms with E-state index in [1.807, 2.05) is 55.5 Å². The topological polar surface area (TPSA) is 60.5 Å². The first kappa shape index (κ1) is 17.5. The van der Waals surface area contributed by atoms with Crippen molar-refractivity contribution in [3.05, 3.63) is 59.0 Å². The van der Waals surface area contributed by atoms with E-state index in [1.54, 1.807) is 7.11 Å². The molecule has 4 rings (SSSR count). The average molecular weight is 380 g/mol. The Labute approximate surface area is 162 Å². The van der Waals surface area contributed by atoms with Gasteiger partial charge in [0.05, 0.1) is 25.3 Å². The molecule has 1 unspecified atom stereocenters. The number of nitrogens with one attached hydrogen (secondary N) is 1. The van der Waals surface area contributed by atoms with E-state index in [-0.39, 0.29) is 11.8 Å². The zero-order valence-electron chi connectivity index (χ0n) is 15.2. The molecule has 1 amide bonds. The maximum absolute atomic E-state index is 12.9. The van der Waals surface area contributed by atoms with Crippen LogP contribution < -0.4 is 14.8 Å². The molecule has 0 saturated heterocycles. The molecule has 27 heavy (non-hydrogen) atoms. The smallest absolute Gasteiger partial charge is 0.233 e. The molecule has 138 valence electrons. The molecule has 0 saturated carbocycles. The summed E-state index contributed by atoms with van der Waals surface area (Å²) < 4.78 is 10.9. The Balaban J connectivity index is 1.54. The van der Waals surface area contributed by atoms with E-state index < -0.39 is 0 Å². The van der Waals surface area contributed by atoms with Gasteiger partial charge in [0.25, 0.3) is 0 Å². The van der Waals surface area contributed by atoms with Crippen molar-refractivity contribution >= 4 is 22.4 Å². The molecule has 0 bridgehead atoms. The maximum Gasteiger partial charge on any atom is 0.233 e. The van der Waals surface area contributed by atoms with Crippen LogP contribution in [-0.4, -0.2) is 24.6 Å². The number of nitrogens with zero attached hydrogens (tertiary/aromatic N) is 1. The third-order valence-corrected chi connectivity index (χ3v) is 5.55. The van der Waals surface area contributed by atoms with Crippen LogP contribution >= 0.6 is 11.3 Å². The van der Waals surface area contributed by atoms with Crippen molar-refractivity contribution in [3.63, 3.8) is 0 Å². The average Bonchev–Trinajstić information content (AvgIpc) is 3.07. The molecule has 0 aliphatic carbocycles. The maximum atomic E-state index is 12.9. The van der Waals surface area contributed by atoms with Crippen molar-refractivity contribution in [1.82, 2.24) is 4.98 Å². The lowest BCUT2D eigenvalue weighted by atomic mass is 9.92. The Morgan fingerprint density at radius 3 is 2.78 bits per heavy atom. The first-order valence-corrected chi connectivity index (χ1v) is 9.62. The van der Waals surface area contributed by atoms with E-state index >= 15 is 0 Å². The van der Waals surface area contributed by atoms with Gasteiger partial charge in [0, 0.05) is 16.0 Å². The Bertz CT molecular complexity index is 966. The van der Waals surface area contributed by atoms with E-state index in [9.17, 15) is 4.79 Å². The van der Waals surface area contributed by atoms with E-state index in [0.717, 1.165) is 33.2 Å². The summed E-state index contributed by atoms with van der Waals surface area (Å²) in [5, 5.41) is 3.61. The molecule has 3 aromatic rings. The van der Waals surface area contributed by atoms with E-state index in [4.69, 9.17) is 9.47 Å². The Morgan fingerprint density at radius 1 is 1.22 bits per heavy atom. The fourth-order valence-corrected chi connectivity index (χ4v) is 4.11. The molecule has 1 aromatic heterocycles.